The van der Waals surface area contributed by atoms with Crippen LogP contribution in [0.25, 0.3) is 0 Å². The van der Waals surface area contributed by atoms with Crippen molar-refractivity contribution in [2.45, 2.75) is 65.5 Å². The van der Waals surface area contributed by atoms with E-state index in [2.05, 4.69) is 31.0 Å². The molecule has 5 heteroatoms. The van der Waals surface area contributed by atoms with Crippen LogP contribution in [0.3, 0.4) is 0 Å². The predicted molar refractivity (Wildman–Crippen MR) is 117 cm³/mol. The van der Waals surface area contributed by atoms with Crippen LogP contribution in [0.2, 0.25) is 0 Å². The van der Waals surface area contributed by atoms with Crippen molar-refractivity contribution in [3.63, 3.8) is 0 Å². The van der Waals surface area contributed by atoms with Crippen molar-refractivity contribution in [1.82, 2.24) is 15.1 Å². The third-order valence-electron chi connectivity index (χ3n) is 6.71. The molecule has 160 valence electrons. The number of carbonyl (C=O) groups excluding carboxylic acids is 2. The molecule has 29 heavy (non-hydrogen) atoms. The van der Waals surface area contributed by atoms with E-state index in [1.54, 1.807) is 24.3 Å². The molecule has 0 aliphatic carbocycles. The minimum absolute atomic E-state index is 0.0815. The van der Waals surface area contributed by atoms with Gasteiger partial charge in [-0.3, -0.25) is 14.5 Å². The molecule has 2 amide bonds. The fraction of sp³-hybridized carbons (Fsp3) is 0.667. The van der Waals surface area contributed by atoms with Crippen LogP contribution in [-0.4, -0.2) is 59.9 Å². The average Bonchev–Trinajstić information content (AvgIpc) is 2.73. The Morgan fingerprint density at radius 2 is 1.59 bits per heavy atom. The van der Waals surface area contributed by atoms with Gasteiger partial charge in [0.25, 0.3) is 11.8 Å². The second-order valence-electron chi connectivity index (χ2n) is 9.35. The van der Waals surface area contributed by atoms with E-state index in [1.807, 2.05) is 11.8 Å². The summed E-state index contributed by atoms with van der Waals surface area (Å²) in [5, 5.41) is 3.01. The molecule has 2 saturated heterocycles. The number of amides is 2. The molecule has 2 atom stereocenters. The molecular weight excluding hydrogens is 362 g/mol. The Balaban J connectivity index is 1.52. The number of hydrogen-bond acceptors (Lipinski definition) is 3. The minimum atomic E-state index is -0.0817. The first-order chi connectivity index (χ1) is 13.8. The van der Waals surface area contributed by atoms with Crippen LogP contribution in [0.5, 0.6) is 0 Å². The second-order valence-corrected chi connectivity index (χ2v) is 9.35. The number of hydrogen-bond donors (Lipinski definition) is 1. The van der Waals surface area contributed by atoms with Crippen LogP contribution < -0.4 is 5.32 Å². The van der Waals surface area contributed by atoms with Crippen molar-refractivity contribution >= 4 is 11.8 Å². The van der Waals surface area contributed by atoms with E-state index in [0.717, 1.165) is 31.8 Å². The summed E-state index contributed by atoms with van der Waals surface area (Å²) in [7, 11) is 0. The number of benzene rings is 1. The summed E-state index contributed by atoms with van der Waals surface area (Å²) in [6.45, 7) is 12.6. The van der Waals surface area contributed by atoms with Crippen LogP contribution in [0.15, 0.2) is 24.3 Å². The standard InChI is InChI=1S/C24H37N3O2/c1-17(2)19(4)25-23(28)20-7-9-21(10-8-20)24(29)26-14-11-22(12-15-26)27-13-5-6-18(3)16-27/h7-10,17-19,22H,5-6,11-16H2,1-4H3,(H,25,28). The van der Waals surface area contributed by atoms with E-state index in [9.17, 15) is 9.59 Å². The maximum atomic E-state index is 12.9. The highest BCUT2D eigenvalue weighted by Gasteiger charge is 2.29. The second kappa shape index (κ2) is 9.75. The van der Waals surface area contributed by atoms with Gasteiger partial charge >= 0.3 is 0 Å². The first-order valence-electron chi connectivity index (χ1n) is 11.3. The lowest BCUT2D eigenvalue weighted by Gasteiger charge is -2.41. The molecule has 2 aliphatic heterocycles. The van der Waals surface area contributed by atoms with E-state index in [-0.39, 0.29) is 17.9 Å². The maximum Gasteiger partial charge on any atom is 0.253 e. The first kappa shape index (κ1) is 21.8. The third-order valence-corrected chi connectivity index (χ3v) is 6.71. The lowest BCUT2D eigenvalue weighted by molar-refractivity contribution is 0.0541. The Kier molecular flexibility index (Phi) is 7.33. The van der Waals surface area contributed by atoms with Crippen molar-refractivity contribution in [3.8, 4) is 0 Å². The van der Waals surface area contributed by atoms with Crippen LogP contribution in [-0.2, 0) is 0 Å². The molecule has 0 spiro atoms. The number of carbonyl (C=O) groups is 2. The summed E-state index contributed by atoms with van der Waals surface area (Å²) in [5.74, 6) is 1.18. The van der Waals surface area contributed by atoms with E-state index >= 15 is 0 Å². The van der Waals surface area contributed by atoms with Crippen molar-refractivity contribution in [2.24, 2.45) is 11.8 Å². The van der Waals surface area contributed by atoms with Crippen LogP contribution in [0.4, 0.5) is 0 Å². The summed E-state index contributed by atoms with van der Waals surface area (Å²) in [6.07, 6.45) is 4.77. The quantitative estimate of drug-likeness (QED) is 0.819. The normalized spacial score (nSPS) is 22.5. The van der Waals surface area contributed by atoms with Crippen LogP contribution in [0, 0.1) is 11.8 Å². The van der Waals surface area contributed by atoms with Gasteiger partial charge in [-0.15, -0.1) is 0 Å². The molecule has 2 heterocycles. The monoisotopic (exact) mass is 399 g/mol. The summed E-state index contributed by atoms with van der Waals surface area (Å²) in [6, 6.07) is 7.84. The smallest absolute Gasteiger partial charge is 0.253 e. The number of piperidine rings is 2. The molecule has 0 saturated carbocycles. The number of likely N-dealkylation sites (tertiary alicyclic amines) is 2. The number of nitrogens with one attached hydrogen (secondary N) is 1. The fourth-order valence-electron chi connectivity index (χ4n) is 4.40. The highest BCUT2D eigenvalue weighted by atomic mass is 16.2. The van der Waals surface area contributed by atoms with E-state index in [4.69, 9.17) is 0 Å². The Labute approximate surface area is 175 Å². The topological polar surface area (TPSA) is 52.7 Å². The van der Waals surface area contributed by atoms with Crippen molar-refractivity contribution < 1.29 is 9.59 Å². The summed E-state index contributed by atoms with van der Waals surface area (Å²) >= 11 is 0. The Hall–Kier alpha value is -1.88. The molecule has 1 N–H and O–H groups in total. The molecule has 2 aliphatic rings. The molecule has 0 aromatic heterocycles. The van der Waals surface area contributed by atoms with E-state index in [1.165, 1.54) is 25.9 Å². The molecule has 0 radical (unpaired) electrons. The molecule has 2 fully saturated rings. The van der Waals surface area contributed by atoms with Gasteiger partial charge in [0.05, 0.1) is 0 Å². The molecule has 0 bridgehead atoms. The SMILES string of the molecule is CC1CCCN(C2CCN(C(=O)c3ccc(C(=O)NC(C)C(C)C)cc3)CC2)C1. The molecule has 1 aromatic carbocycles. The Bertz CT molecular complexity index is 693. The zero-order chi connectivity index (χ0) is 21.0. The van der Waals surface area contributed by atoms with Gasteiger partial charge < -0.3 is 10.2 Å². The minimum Gasteiger partial charge on any atom is -0.349 e. The number of rotatable bonds is 5. The summed E-state index contributed by atoms with van der Waals surface area (Å²) in [4.78, 5) is 29.8. The summed E-state index contributed by atoms with van der Waals surface area (Å²) in [5.41, 5.74) is 1.27. The molecule has 5 nitrogen and oxygen atoms in total. The number of nitrogens with zero attached hydrogens (tertiary/aromatic N) is 2. The summed E-state index contributed by atoms with van der Waals surface area (Å²) < 4.78 is 0. The van der Waals surface area contributed by atoms with Gasteiger partial charge in [-0.1, -0.05) is 20.8 Å². The van der Waals surface area contributed by atoms with Gasteiger partial charge in [0, 0.05) is 42.8 Å². The van der Waals surface area contributed by atoms with Crippen LogP contribution >= 0.6 is 0 Å². The maximum absolute atomic E-state index is 12.9. The highest BCUT2D eigenvalue weighted by Crippen LogP contribution is 2.24. The lowest BCUT2D eigenvalue weighted by Crippen LogP contribution is -2.49. The predicted octanol–water partition coefficient (Wildman–Crippen LogP) is 3.80. The Morgan fingerprint density at radius 1 is 0.966 bits per heavy atom. The largest absolute Gasteiger partial charge is 0.349 e. The van der Waals surface area contributed by atoms with Gasteiger partial charge in [-0.2, -0.15) is 0 Å². The zero-order valence-electron chi connectivity index (χ0n) is 18.5. The van der Waals surface area contributed by atoms with Crippen molar-refractivity contribution in [2.75, 3.05) is 26.2 Å². The van der Waals surface area contributed by atoms with Gasteiger partial charge in [0.2, 0.25) is 0 Å². The molecule has 2 unspecified atom stereocenters. The van der Waals surface area contributed by atoms with Gasteiger partial charge in [-0.05, 0) is 75.3 Å². The van der Waals surface area contributed by atoms with Gasteiger partial charge in [0.15, 0.2) is 0 Å². The molecular formula is C24H37N3O2. The zero-order valence-corrected chi connectivity index (χ0v) is 18.5. The highest BCUT2D eigenvalue weighted by molar-refractivity contribution is 5.98. The lowest BCUT2D eigenvalue weighted by atomic mass is 9.95. The first-order valence-corrected chi connectivity index (χ1v) is 11.3. The third kappa shape index (κ3) is 5.59. The van der Waals surface area contributed by atoms with Crippen LogP contribution in [0.1, 0.15) is 74.1 Å². The average molecular weight is 400 g/mol. The van der Waals surface area contributed by atoms with E-state index in [0.29, 0.717) is 23.1 Å². The fourth-order valence-corrected chi connectivity index (χ4v) is 4.40. The van der Waals surface area contributed by atoms with Gasteiger partial charge in [-0.25, -0.2) is 0 Å². The van der Waals surface area contributed by atoms with E-state index < -0.39 is 0 Å². The van der Waals surface area contributed by atoms with Crippen molar-refractivity contribution in [1.29, 1.82) is 0 Å². The Morgan fingerprint density at radius 3 is 2.17 bits per heavy atom. The molecule has 1 aromatic rings. The van der Waals surface area contributed by atoms with Crippen molar-refractivity contribution in [3.05, 3.63) is 35.4 Å². The molecule has 3 rings (SSSR count). The van der Waals surface area contributed by atoms with Gasteiger partial charge in [0.1, 0.15) is 0 Å².